The van der Waals surface area contributed by atoms with Crippen molar-refractivity contribution in [2.24, 2.45) is 0 Å². The molecule has 0 amide bonds. The van der Waals surface area contributed by atoms with E-state index in [4.69, 9.17) is 4.74 Å². The van der Waals surface area contributed by atoms with Crippen molar-refractivity contribution >= 4 is 15.9 Å². The molecule has 0 atom stereocenters. The molecule has 2 aliphatic rings. The van der Waals surface area contributed by atoms with E-state index < -0.39 is 0 Å². The highest BCUT2D eigenvalue weighted by Crippen LogP contribution is 2.55. The van der Waals surface area contributed by atoms with Crippen LogP contribution in [0.15, 0.2) is 59.1 Å². The number of hydrogen-bond acceptors (Lipinski definition) is 1. The molecule has 0 saturated heterocycles. The summed E-state index contributed by atoms with van der Waals surface area (Å²) in [6.07, 6.45) is 0. The first kappa shape index (κ1) is 18.9. The molecule has 1 aliphatic heterocycles. The van der Waals surface area contributed by atoms with E-state index in [2.05, 4.69) is 112 Å². The summed E-state index contributed by atoms with van der Waals surface area (Å²) < 4.78 is 7.52. The van der Waals surface area contributed by atoms with E-state index in [1.54, 1.807) is 0 Å². The molecule has 1 nitrogen and oxygen atoms in total. The highest BCUT2D eigenvalue weighted by Gasteiger charge is 2.44. The molecule has 0 saturated carbocycles. The van der Waals surface area contributed by atoms with Crippen molar-refractivity contribution < 1.29 is 4.74 Å². The smallest absolute Gasteiger partial charge is 0.132 e. The number of halogens is 1. The first-order valence-electron chi connectivity index (χ1n) is 10.3. The SMILES string of the molecule is CC1(C)c2ccc(Br)cc2Oc2cc3c(cc21)C(C)(C)c1ccccc1C3(C)C. The van der Waals surface area contributed by atoms with Gasteiger partial charge in [0.25, 0.3) is 0 Å². The topological polar surface area (TPSA) is 9.23 Å². The Labute approximate surface area is 182 Å². The van der Waals surface area contributed by atoms with Crippen molar-refractivity contribution in [3.8, 4) is 11.5 Å². The second kappa shape index (κ2) is 5.76. The summed E-state index contributed by atoms with van der Waals surface area (Å²) in [5.74, 6) is 1.94. The molecule has 5 rings (SSSR count). The summed E-state index contributed by atoms with van der Waals surface area (Å²) in [5, 5.41) is 0. The van der Waals surface area contributed by atoms with Crippen LogP contribution in [-0.2, 0) is 16.2 Å². The summed E-state index contributed by atoms with van der Waals surface area (Å²) in [6, 6.07) is 20.0. The average Bonchev–Trinajstić information content (AvgIpc) is 2.66. The van der Waals surface area contributed by atoms with Gasteiger partial charge in [0.05, 0.1) is 0 Å². The van der Waals surface area contributed by atoms with Crippen LogP contribution < -0.4 is 4.74 Å². The lowest BCUT2D eigenvalue weighted by atomic mass is 9.59. The highest BCUT2D eigenvalue weighted by molar-refractivity contribution is 9.10. The van der Waals surface area contributed by atoms with Crippen LogP contribution in [0.2, 0.25) is 0 Å². The van der Waals surface area contributed by atoms with Gasteiger partial charge in [-0.2, -0.15) is 0 Å². The predicted molar refractivity (Wildman–Crippen MR) is 123 cm³/mol. The zero-order chi connectivity index (χ0) is 20.8. The van der Waals surface area contributed by atoms with Crippen molar-refractivity contribution in [2.45, 2.75) is 57.8 Å². The zero-order valence-electron chi connectivity index (χ0n) is 18.0. The molecule has 0 aromatic heterocycles. The first-order valence-corrected chi connectivity index (χ1v) is 11.1. The molecular formula is C27H27BrO. The van der Waals surface area contributed by atoms with Crippen molar-refractivity contribution in [1.82, 2.24) is 0 Å². The summed E-state index contributed by atoms with van der Waals surface area (Å²) in [5.41, 5.74) is 7.90. The predicted octanol–water partition coefficient (Wildman–Crippen LogP) is 7.85. The van der Waals surface area contributed by atoms with Gasteiger partial charge in [0.2, 0.25) is 0 Å². The van der Waals surface area contributed by atoms with Gasteiger partial charge in [-0.05, 0) is 40.5 Å². The summed E-state index contributed by atoms with van der Waals surface area (Å²) in [7, 11) is 0. The van der Waals surface area contributed by atoms with Crippen LogP contribution in [0.1, 0.15) is 74.9 Å². The highest BCUT2D eigenvalue weighted by atomic mass is 79.9. The second-order valence-corrected chi connectivity index (χ2v) is 11.0. The molecule has 0 unspecified atom stereocenters. The van der Waals surface area contributed by atoms with Crippen LogP contribution in [0.3, 0.4) is 0 Å². The van der Waals surface area contributed by atoms with Crippen LogP contribution in [0.4, 0.5) is 0 Å². The Kier molecular flexibility index (Phi) is 3.76. The molecule has 0 fully saturated rings. The quantitative estimate of drug-likeness (QED) is 0.341. The standard InChI is InChI=1S/C27H27BrO/c1-25(2)17-9-7-8-10-18(17)26(3,4)21-15-24-22(14-20(21)25)27(5,6)19-12-11-16(28)13-23(19)29-24/h7-15H,1-6H3. The van der Waals surface area contributed by atoms with Crippen molar-refractivity contribution in [3.05, 3.63) is 92.5 Å². The molecule has 29 heavy (non-hydrogen) atoms. The third-order valence-electron chi connectivity index (χ3n) is 7.25. The lowest BCUT2D eigenvalue weighted by molar-refractivity contribution is 0.411. The van der Waals surface area contributed by atoms with Crippen molar-refractivity contribution in [3.63, 3.8) is 0 Å². The van der Waals surface area contributed by atoms with Crippen molar-refractivity contribution in [2.75, 3.05) is 0 Å². The number of fused-ring (bicyclic) bond motifs is 4. The van der Waals surface area contributed by atoms with E-state index in [0.29, 0.717) is 0 Å². The van der Waals surface area contributed by atoms with E-state index in [-0.39, 0.29) is 16.2 Å². The first-order chi connectivity index (χ1) is 13.5. The fourth-order valence-corrected chi connectivity index (χ4v) is 5.75. The molecule has 148 valence electrons. The number of benzene rings is 3. The second-order valence-electron chi connectivity index (χ2n) is 10.1. The lowest BCUT2D eigenvalue weighted by Gasteiger charge is -2.45. The minimum Gasteiger partial charge on any atom is -0.457 e. The number of rotatable bonds is 0. The maximum Gasteiger partial charge on any atom is 0.132 e. The summed E-state index contributed by atoms with van der Waals surface area (Å²) >= 11 is 3.60. The Morgan fingerprint density at radius 3 is 1.69 bits per heavy atom. The van der Waals surface area contributed by atoms with Gasteiger partial charge in [-0.25, -0.2) is 0 Å². The normalized spacial score (nSPS) is 19.3. The van der Waals surface area contributed by atoms with E-state index >= 15 is 0 Å². The zero-order valence-corrected chi connectivity index (χ0v) is 19.6. The molecule has 0 bridgehead atoms. The Hall–Kier alpha value is -2.06. The molecule has 3 aromatic carbocycles. The number of hydrogen-bond donors (Lipinski definition) is 0. The Balaban J connectivity index is 1.80. The van der Waals surface area contributed by atoms with Gasteiger partial charge in [-0.1, -0.05) is 93.9 Å². The lowest BCUT2D eigenvalue weighted by Crippen LogP contribution is -2.37. The third-order valence-corrected chi connectivity index (χ3v) is 7.74. The Bertz CT molecular complexity index is 1170. The van der Waals surface area contributed by atoms with Gasteiger partial charge in [-0.3, -0.25) is 0 Å². The molecule has 1 heterocycles. The van der Waals surface area contributed by atoms with Gasteiger partial charge < -0.3 is 4.74 Å². The van der Waals surface area contributed by atoms with E-state index in [9.17, 15) is 0 Å². The van der Waals surface area contributed by atoms with E-state index in [0.717, 1.165) is 16.0 Å². The molecule has 1 aliphatic carbocycles. The fourth-order valence-electron chi connectivity index (χ4n) is 5.41. The van der Waals surface area contributed by atoms with Crippen LogP contribution in [-0.4, -0.2) is 0 Å². The minimum absolute atomic E-state index is 0.0491. The summed E-state index contributed by atoms with van der Waals surface area (Å²) in [4.78, 5) is 0. The van der Waals surface area contributed by atoms with Crippen LogP contribution in [0, 0.1) is 0 Å². The molecule has 0 N–H and O–H groups in total. The van der Waals surface area contributed by atoms with Crippen molar-refractivity contribution in [1.29, 1.82) is 0 Å². The van der Waals surface area contributed by atoms with E-state index in [1.807, 2.05) is 0 Å². The molecule has 0 radical (unpaired) electrons. The van der Waals surface area contributed by atoms with Gasteiger partial charge >= 0.3 is 0 Å². The van der Waals surface area contributed by atoms with E-state index in [1.165, 1.54) is 33.4 Å². The molecule has 0 spiro atoms. The van der Waals surface area contributed by atoms with Gasteiger partial charge in [0, 0.05) is 31.8 Å². The van der Waals surface area contributed by atoms with Gasteiger partial charge in [0.15, 0.2) is 0 Å². The van der Waals surface area contributed by atoms with Crippen LogP contribution in [0.25, 0.3) is 0 Å². The Morgan fingerprint density at radius 1 is 0.552 bits per heavy atom. The maximum atomic E-state index is 6.48. The monoisotopic (exact) mass is 446 g/mol. The van der Waals surface area contributed by atoms with Crippen LogP contribution >= 0.6 is 15.9 Å². The van der Waals surface area contributed by atoms with Crippen LogP contribution in [0.5, 0.6) is 11.5 Å². The molecule has 2 heteroatoms. The third kappa shape index (κ3) is 2.45. The van der Waals surface area contributed by atoms with Gasteiger partial charge in [-0.15, -0.1) is 0 Å². The molecular weight excluding hydrogens is 420 g/mol. The number of ether oxygens (including phenoxy) is 1. The largest absolute Gasteiger partial charge is 0.457 e. The Morgan fingerprint density at radius 2 is 1.07 bits per heavy atom. The summed E-state index contributed by atoms with van der Waals surface area (Å²) in [6.45, 7) is 14.0. The maximum absolute atomic E-state index is 6.48. The average molecular weight is 447 g/mol. The molecule has 3 aromatic rings. The van der Waals surface area contributed by atoms with Gasteiger partial charge in [0.1, 0.15) is 11.5 Å². The fraction of sp³-hybridized carbons (Fsp3) is 0.333. The minimum atomic E-state index is -0.115.